The topological polar surface area (TPSA) is 57.8 Å². The molecule has 4 aliphatic rings. The van der Waals surface area contributed by atoms with E-state index in [-0.39, 0.29) is 11.0 Å². The van der Waals surface area contributed by atoms with Crippen LogP contribution in [-0.2, 0) is 5.41 Å². The molecule has 0 unspecified atom stereocenters. The zero-order valence-electron chi connectivity index (χ0n) is 26.8. The van der Waals surface area contributed by atoms with Crippen molar-refractivity contribution >= 4 is 23.3 Å². The molecule has 0 radical (unpaired) electrons. The van der Waals surface area contributed by atoms with E-state index in [1.54, 1.807) is 6.20 Å². The van der Waals surface area contributed by atoms with Gasteiger partial charge < -0.3 is 15.5 Å². The van der Waals surface area contributed by atoms with Crippen molar-refractivity contribution in [2.45, 2.75) is 102 Å². The van der Waals surface area contributed by atoms with E-state index in [4.69, 9.17) is 22.3 Å². The molecule has 2 bridgehead atoms. The minimum atomic E-state index is -0.145. The fourth-order valence-electron chi connectivity index (χ4n) is 7.58. The number of pyridine rings is 1. The van der Waals surface area contributed by atoms with Crippen molar-refractivity contribution in [3.05, 3.63) is 72.2 Å². The van der Waals surface area contributed by atoms with E-state index >= 15 is 0 Å². The molecular formula is C37H53N5. The molecule has 0 spiro atoms. The number of rotatable bonds is 9. The van der Waals surface area contributed by atoms with Gasteiger partial charge in [-0.2, -0.15) is 0 Å². The maximum atomic E-state index is 6.13. The molecular weight excluding hydrogens is 514 g/mol. The van der Waals surface area contributed by atoms with Gasteiger partial charge in [-0.25, -0.2) is 4.98 Å². The minimum absolute atomic E-state index is 0.145. The number of nitrogens with zero attached hydrogens (tertiary/aromatic N) is 4. The van der Waals surface area contributed by atoms with Crippen LogP contribution in [0.25, 0.3) is 5.57 Å². The summed E-state index contributed by atoms with van der Waals surface area (Å²) in [5, 5.41) is 0. The van der Waals surface area contributed by atoms with E-state index in [1.165, 1.54) is 87.6 Å². The zero-order chi connectivity index (χ0) is 30.0. The number of benzene rings is 1. The molecule has 1 heterocycles. The highest BCUT2D eigenvalue weighted by molar-refractivity contribution is 6.10. The Bertz CT molecular complexity index is 1270. The van der Waals surface area contributed by atoms with Crippen molar-refractivity contribution in [3.8, 4) is 0 Å². The normalized spacial score (nSPS) is 25.1. The molecule has 4 aliphatic carbocycles. The summed E-state index contributed by atoms with van der Waals surface area (Å²) in [6, 6.07) is 13.5. The summed E-state index contributed by atoms with van der Waals surface area (Å²) in [6.45, 7) is 12.2. The largest absolute Gasteiger partial charge is 0.404 e. The van der Waals surface area contributed by atoms with E-state index < -0.39 is 0 Å². The van der Waals surface area contributed by atoms with Gasteiger partial charge in [0.2, 0.25) is 0 Å². The van der Waals surface area contributed by atoms with Crippen LogP contribution >= 0.6 is 0 Å². The number of allylic oxidation sites excluding steroid dienone is 2. The average molecular weight is 568 g/mol. The van der Waals surface area contributed by atoms with Gasteiger partial charge in [-0.15, -0.1) is 0 Å². The monoisotopic (exact) mass is 567 g/mol. The molecule has 4 fully saturated rings. The number of fused-ring (bicyclic) bond motifs is 3. The molecule has 5 nitrogen and oxygen atoms in total. The Hall–Kier alpha value is -3.08. The quantitative estimate of drug-likeness (QED) is 0.309. The molecule has 226 valence electrons. The van der Waals surface area contributed by atoms with Gasteiger partial charge in [-0.1, -0.05) is 44.0 Å². The second-order valence-corrected chi connectivity index (χ2v) is 14.6. The molecule has 2 N–H and O–H groups in total. The van der Waals surface area contributed by atoms with Crippen LogP contribution in [0.4, 0.5) is 11.5 Å². The molecule has 42 heavy (non-hydrogen) atoms. The predicted octanol–water partition coefficient (Wildman–Crippen LogP) is 8.51. The molecule has 1 aromatic heterocycles. The first kappa shape index (κ1) is 30.4. The Morgan fingerprint density at radius 3 is 2.29 bits per heavy atom. The van der Waals surface area contributed by atoms with E-state index in [0.29, 0.717) is 11.3 Å². The van der Waals surface area contributed by atoms with Crippen molar-refractivity contribution in [2.75, 3.05) is 30.4 Å². The third-order valence-corrected chi connectivity index (χ3v) is 10.4. The third-order valence-electron chi connectivity index (χ3n) is 10.4. The van der Waals surface area contributed by atoms with Crippen LogP contribution in [0.2, 0.25) is 0 Å². The molecule has 2 aromatic rings. The number of nitrogens with two attached hydrogens (primary N) is 1. The van der Waals surface area contributed by atoms with Crippen LogP contribution in [0, 0.1) is 11.3 Å². The fraction of sp³-hybridized carbons (Fsp3) is 0.568. The van der Waals surface area contributed by atoms with Gasteiger partial charge in [0, 0.05) is 56.2 Å². The van der Waals surface area contributed by atoms with Crippen LogP contribution in [0.1, 0.15) is 103 Å². The number of aliphatic imine (C=N–C) groups is 1. The predicted molar refractivity (Wildman–Crippen MR) is 180 cm³/mol. The highest BCUT2D eigenvalue weighted by atomic mass is 15.2. The second-order valence-electron chi connectivity index (χ2n) is 14.6. The van der Waals surface area contributed by atoms with E-state index in [2.05, 4.69) is 87.3 Å². The van der Waals surface area contributed by atoms with Crippen LogP contribution in [0.5, 0.6) is 0 Å². The standard InChI is InChI=1S/C37H53N5/c1-28(29-11-8-7-9-12-29)42(33-14-10-13-30(23-33)31(24-38)25-40-35(2,3)4)27-36-17-20-37(21-18-36,22-19-36)32-15-16-34(39-26-32)41(5)6/h10,13-16,23-26,29H,1,7-9,11-12,17-22,27,38H2,2-6H3. The van der Waals surface area contributed by atoms with Gasteiger partial charge in [-0.3, -0.25) is 4.99 Å². The SMILES string of the molecule is C=C(C1CCCCC1)N(CC12CCC(c3ccc(N(C)C)nc3)(CC1)CC2)c1cccc(C(C=NC(C)(C)C)=CN)c1. The second kappa shape index (κ2) is 12.3. The summed E-state index contributed by atoms with van der Waals surface area (Å²) >= 11 is 0. The number of hydrogen-bond acceptors (Lipinski definition) is 5. The highest BCUT2D eigenvalue weighted by Gasteiger charge is 2.50. The first-order valence-electron chi connectivity index (χ1n) is 16.2. The smallest absolute Gasteiger partial charge is 0.127 e. The van der Waals surface area contributed by atoms with Crippen molar-refractivity contribution in [1.29, 1.82) is 0 Å². The third kappa shape index (κ3) is 6.61. The molecule has 0 saturated heterocycles. The summed E-state index contributed by atoms with van der Waals surface area (Å²) < 4.78 is 0. The Labute approximate surface area is 255 Å². The molecule has 0 atom stereocenters. The highest BCUT2D eigenvalue weighted by Crippen LogP contribution is 2.58. The molecule has 0 aliphatic heterocycles. The van der Waals surface area contributed by atoms with Crippen molar-refractivity contribution in [3.63, 3.8) is 0 Å². The van der Waals surface area contributed by atoms with Gasteiger partial charge in [0.05, 0.1) is 5.54 Å². The Balaban J connectivity index is 1.40. The van der Waals surface area contributed by atoms with Crippen LogP contribution in [-0.4, -0.2) is 37.4 Å². The number of aromatic nitrogens is 1. The van der Waals surface area contributed by atoms with E-state index in [0.717, 1.165) is 23.5 Å². The lowest BCUT2D eigenvalue weighted by Crippen LogP contribution is -2.49. The summed E-state index contributed by atoms with van der Waals surface area (Å²) in [4.78, 5) is 14.2. The lowest BCUT2D eigenvalue weighted by atomic mass is 9.52. The maximum Gasteiger partial charge on any atom is 0.127 e. The molecule has 5 heteroatoms. The summed E-state index contributed by atoms with van der Waals surface area (Å²) in [6.07, 6.45) is 19.8. The first-order valence-corrected chi connectivity index (χ1v) is 16.2. The maximum absolute atomic E-state index is 6.13. The van der Waals surface area contributed by atoms with Crippen molar-refractivity contribution < 1.29 is 0 Å². The molecule has 1 aromatic carbocycles. The van der Waals surface area contributed by atoms with Gasteiger partial charge in [0.1, 0.15) is 5.82 Å². The van der Waals surface area contributed by atoms with Gasteiger partial charge in [0.15, 0.2) is 0 Å². The van der Waals surface area contributed by atoms with Gasteiger partial charge in [0.25, 0.3) is 0 Å². The van der Waals surface area contributed by atoms with Crippen LogP contribution < -0.4 is 15.5 Å². The minimum Gasteiger partial charge on any atom is -0.404 e. The van der Waals surface area contributed by atoms with E-state index in [9.17, 15) is 0 Å². The van der Waals surface area contributed by atoms with Gasteiger partial charge >= 0.3 is 0 Å². The fourth-order valence-corrected chi connectivity index (χ4v) is 7.58. The van der Waals surface area contributed by atoms with Crippen LogP contribution in [0.3, 0.4) is 0 Å². The Morgan fingerprint density at radius 2 is 1.71 bits per heavy atom. The van der Waals surface area contributed by atoms with Gasteiger partial charge in [-0.05, 0) is 118 Å². The van der Waals surface area contributed by atoms with E-state index in [1.807, 2.05) is 6.21 Å². The lowest BCUT2D eigenvalue weighted by Gasteiger charge is -2.55. The Kier molecular flexibility index (Phi) is 8.87. The Morgan fingerprint density at radius 1 is 1.02 bits per heavy atom. The number of anilines is 2. The first-order chi connectivity index (χ1) is 20.0. The van der Waals surface area contributed by atoms with Crippen molar-refractivity contribution in [1.82, 2.24) is 4.98 Å². The molecule has 4 saturated carbocycles. The summed E-state index contributed by atoms with van der Waals surface area (Å²) in [5.41, 5.74) is 12.7. The zero-order valence-corrected chi connectivity index (χ0v) is 26.8. The molecule has 6 rings (SSSR count). The lowest BCUT2D eigenvalue weighted by molar-refractivity contribution is 0.0459. The van der Waals surface area contributed by atoms with Crippen LogP contribution in [0.15, 0.2) is 66.1 Å². The molecule has 0 amide bonds. The summed E-state index contributed by atoms with van der Waals surface area (Å²) in [7, 11) is 4.12. The average Bonchev–Trinajstić information content (AvgIpc) is 3.01. The number of hydrogen-bond donors (Lipinski definition) is 1. The van der Waals surface area contributed by atoms with Crippen molar-refractivity contribution in [2.24, 2.45) is 22.1 Å². The summed E-state index contributed by atoms with van der Waals surface area (Å²) in [5.74, 6) is 1.60.